The van der Waals surface area contributed by atoms with E-state index in [4.69, 9.17) is 5.73 Å². The van der Waals surface area contributed by atoms with Gasteiger partial charge < -0.3 is 11.1 Å². The molecule has 0 amide bonds. The van der Waals surface area contributed by atoms with Crippen molar-refractivity contribution in [1.29, 1.82) is 0 Å². The molecule has 0 heterocycles. The Labute approximate surface area is 118 Å². The fraction of sp³-hybridized carbons (Fsp3) is 0.538. The third-order valence-electron chi connectivity index (χ3n) is 2.89. The lowest BCUT2D eigenvalue weighted by Crippen LogP contribution is -2.29. The standard InChI is InChI=1S/C13H16F6N2/c1-2-3-21-11(7-20)8-4-9(12(14,15)16)6-10(5-8)13(17,18)19/h4-6,11,21H,2-3,7,20H2,1H3. The highest BCUT2D eigenvalue weighted by atomic mass is 19.4. The van der Waals surface area contributed by atoms with Gasteiger partial charge in [0.15, 0.2) is 0 Å². The zero-order chi connectivity index (χ0) is 16.3. The molecule has 1 unspecified atom stereocenters. The van der Waals surface area contributed by atoms with Crippen LogP contribution in [0.25, 0.3) is 0 Å². The quantitative estimate of drug-likeness (QED) is 0.813. The van der Waals surface area contributed by atoms with Gasteiger partial charge in [0.25, 0.3) is 0 Å². The van der Waals surface area contributed by atoms with E-state index in [2.05, 4.69) is 5.32 Å². The predicted octanol–water partition coefficient (Wildman–Crippen LogP) is 3.72. The van der Waals surface area contributed by atoms with E-state index < -0.39 is 29.5 Å². The molecule has 0 radical (unpaired) electrons. The first kappa shape index (κ1) is 17.8. The summed E-state index contributed by atoms with van der Waals surface area (Å²) in [5.74, 6) is 0. The topological polar surface area (TPSA) is 38.0 Å². The Morgan fingerprint density at radius 3 is 1.81 bits per heavy atom. The summed E-state index contributed by atoms with van der Waals surface area (Å²) < 4.78 is 76.4. The van der Waals surface area contributed by atoms with Crippen LogP contribution in [0.4, 0.5) is 26.3 Å². The van der Waals surface area contributed by atoms with E-state index in [1.807, 2.05) is 6.92 Å². The molecule has 1 rings (SSSR count). The SMILES string of the molecule is CCCNC(CN)c1cc(C(F)(F)F)cc(C(F)(F)F)c1. The molecule has 1 aromatic carbocycles. The summed E-state index contributed by atoms with van der Waals surface area (Å²) in [6, 6.07) is 0.759. The Balaban J connectivity index is 3.30. The molecule has 0 fully saturated rings. The van der Waals surface area contributed by atoms with Crippen LogP contribution < -0.4 is 11.1 Å². The smallest absolute Gasteiger partial charge is 0.329 e. The largest absolute Gasteiger partial charge is 0.416 e. The monoisotopic (exact) mass is 314 g/mol. The van der Waals surface area contributed by atoms with Gasteiger partial charge in [-0.2, -0.15) is 26.3 Å². The van der Waals surface area contributed by atoms with Crippen molar-refractivity contribution in [2.24, 2.45) is 5.73 Å². The van der Waals surface area contributed by atoms with Gasteiger partial charge in [0.1, 0.15) is 0 Å². The maximum absolute atomic E-state index is 12.7. The third-order valence-corrected chi connectivity index (χ3v) is 2.89. The number of alkyl halides is 6. The Kier molecular flexibility index (Phi) is 5.63. The van der Waals surface area contributed by atoms with Gasteiger partial charge in [-0.1, -0.05) is 6.92 Å². The average Bonchev–Trinajstić information content (AvgIpc) is 2.37. The maximum atomic E-state index is 12.7. The summed E-state index contributed by atoms with van der Waals surface area (Å²) in [5.41, 5.74) is 2.66. The van der Waals surface area contributed by atoms with E-state index in [0.717, 1.165) is 0 Å². The van der Waals surface area contributed by atoms with Gasteiger partial charge in [0, 0.05) is 12.6 Å². The minimum absolute atomic E-state index is 0.0986. The molecule has 0 aliphatic heterocycles. The van der Waals surface area contributed by atoms with Crippen molar-refractivity contribution in [2.75, 3.05) is 13.1 Å². The zero-order valence-electron chi connectivity index (χ0n) is 11.3. The van der Waals surface area contributed by atoms with E-state index in [1.165, 1.54) is 0 Å². The van der Waals surface area contributed by atoms with Crippen LogP contribution in [0.2, 0.25) is 0 Å². The molecule has 0 saturated heterocycles. The van der Waals surface area contributed by atoms with E-state index >= 15 is 0 Å². The molecule has 21 heavy (non-hydrogen) atoms. The predicted molar refractivity (Wildman–Crippen MR) is 66.5 cm³/mol. The molecule has 8 heteroatoms. The van der Waals surface area contributed by atoms with Crippen molar-refractivity contribution in [1.82, 2.24) is 5.32 Å². The van der Waals surface area contributed by atoms with Crippen LogP contribution in [0.5, 0.6) is 0 Å². The van der Waals surface area contributed by atoms with Gasteiger partial charge in [-0.05, 0) is 36.7 Å². The molecule has 0 aliphatic rings. The molecule has 0 saturated carbocycles. The first-order chi connectivity index (χ1) is 9.59. The van der Waals surface area contributed by atoms with Gasteiger partial charge in [0.05, 0.1) is 11.1 Å². The fourth-order valence-corrected chi connectivity index (χ4v) is 1.84. The minimum Gasteiger partial charge on any atom is -0.329 e. The summed E-state index contributed by atoms with van der Waals surface area (Å²) in [5, 5.41) is 2.83. The van der Waals surface area contributed by atoms with Crippen LogP contribution >= 0.6 is 0 Å². The summed E-state index contributed by atoms with van der Waals surface area (Å²) in [6.45, 7) is 2.17. The second kappa shape index (κ2) is 6.65. The maximum Gasteiger partial charge on any atom is 0.416 e. The van der Waals surface area contributed by atoms with E-state index in [9.17, 15) is 26.3 Å². The molecular weight excluding hydrogens is 298 g/mol. The zero-order valence-corrected chi connectivity index (χ0v) is 11.3. The Hall–Kier alpha value is -1.28. The number of rotatable bonds is 5. The highest BCUT2D eigenvalue weighted by Gasteiger charge is 2.37. The van der Waals surface area contributed by atoms with Crippen LogP contribution in [0.15, 0.2) is 18.2 Å². The number of benzene rings is 1. The first-order valence-electron chi connectivity index (χ1n) is 6.32. The molecule has 0 spiro atoms. The van der Waals surface area contributed by atoms with Crippen molar-refractivity contribution in [3.05, 3.63) is 34.9 Å². The van der Waals surface area contributed by atoms with Crippen LogP contribution in [0, 0.1) is 0 Å². The molecule has 0 aromatic heterocycles. The lowest BCUT2D eigenvalue weighted by Gasteiger charge is -2.20. The number of halogens is 6. The molecule has 2 nitrogen and oxygen atoms in total. The molecule has 1 aromatic rings. The van der Waals surface area contributed by atoms with Crippen molar-refractivity contribution < 1.29 is 26.3 Å². The Bertz CT molecular complexity index is 434. The van der Waals surface area contributed by atoms with E-state index in [1.54, 1.807) is 0 Å². The summed E-state index contributed by atoms with van der Waals surface area (Å²) >= 11 is 0. The lowest BCUT2D eigenvalue weighted by atomic mass is 9.99. The second-order valence-electron chi connectivity index (χ2n) is 4.58. The third kappa shape index (κ3) is 4.89. The molecule has 3 N–H and O–H groups in total. The summed E-state index contributed by atoms with van der Waals surface area (Å²) in [7, 11) is 0. The lowest BCUT2D eigenvalue weighted by molar-refractivity contribution is -0.143. The van der Waals surface area contributed by atoms with Gasteiger partial charge >= 0.3 is 12.4 Å². The minimum atomic E-state index is -4.85. The van der Waals surface area contributed by atoms with Gasteiger partial charge in [-0.15, -0.1) is 0 Å². The van der Waals surface area contributed by atoms with Gasteiger partial charge in [0.2, 0.25) is 0 Å². The summed E-state index contributed by atoms with van der Waals surface area (Å²) in [6.07, 6.45) is -9.01. The van der Waals surface area contributed by atoms with E-state index in [0.29, 0.717) is 25.1 Å². The molecule has 120 valence electrons. The normalized spacial score (nSPS) is 14.3. The molecule has 0 aliphatic carbocycles. The summed E-state index contributed by atoms with van der Waals surface area (Å²) in [4.78, 5) is 0. The average molecular weight is 314 g/mol. The van der Waals surface area contributed by atoms with Gasteiger partial charge in [-0.3, -0.25) is 0 Å². The molecule has 1 atom stereocenters. The van der Waals surface area contributed by atoms with Crippen molar-refractivity contribution in [3.63, 3.8) is 0 Å². The molecular formula is C13H16F6N2. The highest BCUT2D eigenvalue weighted by molar-refractivity contribution is 5.35. The first-order valence-corrected chi connectivity index (χ1v) is 6.32. The van der Waals surface area contributed by atoms with Gasteiger partial charge in [-0.25, -0.2) is 0 Å². The number of hydrogen-bond acceptors (Lipinski definition) is 2. The van der Waals surface area contributed by atoms with Crippen LogP contribution in [-0.4, -0.2) is 13.1 Å². The van der Waals surface area contributed by atoms with Crippen LogP contribution in [0.3, 0.4) is 0 Å². The van der Waals surface area contributed by atoms with Crippen LogP contribution in [-0.2, 0) is 12.4 Å². The Morgan fingerprint density at radius 1 is 1.00 bits per heavy atom. The molecule has 0 bridgehead atoms. The van der Waals surface area contributed by atoms with E-state index in [-0.39, 0.29) is 18.2 Å². The van der Waals surface area contributed by atoms with Crippen LogP contribution in [0.1, 0.15) is 36.1 Å². The number of nitrogens with one attached hydrogen (secondary N) is 1. The second-order valence-corrected chi connectivity index (χ2v) is 4.58. The van der Waals surface area contributed by atoms with Crippen molar-refractivity contribution >= 4 is 0 Å². The van der Waals surface area contributed by atoms with Crippen molar-refractivity contribution in [3.8, 4) is 0 Å². The Morgan fingerprint density at radius 2 is 1.48 bits per heavy atom. The highest BCUT2D eigenvalue weighted by Crippen LogP contribution is 2.37. The number of hydrogen-bond donors (Lipinski definition) is 2. The van der Waals surface area contributed by atoms with Crippen molar-refractivity contribution in [2.45, 2.75) is 31.7 Å². The number of nitrogens with two attached hydrogens (primary N) is 1. The fourth-order valence-electron chi connectivity index (χ4n) is 1.84.